The van der Waals surface area contributed by atoms with Crippen LogP contribution in [0.15, 0.2) is 58.3 Å². The van der Waals surface area contributed by atoms with Crippen LogP contribution in [0.5, 0.6) is 5.75 Å². The molecule has 0 radical (unpaired) electrons. The van der Waals surface area contributed by atoms with Crippen LogP contribution in [0.2, 0.25) is 0 Å². The van der Waals surface area contributed by atoms with E-state index in [4.69, 9.17) is 9.47 Å². The molecular formula is C23H27NO3S. The summed E-state index contributed by atoms with van der Waals surface area (Å²) in [6, 6.07) is 16.8. The lowest BCUT2D eigenvalue weighted by Crippen LogP contribution is -2.53. The predicted molar refractivity (Wildman–Crippen MR) is 111 cm³/mol. The summed E-state index contributed by atoms with van der Waals surface area (Å²) in [6.45, 7) is 8.45. The highest BCUT2D eigenvalue weighted by Gasteiger charge is 2.45. The van der Waals surface area contributed by atoms with Gasteiger partial charge in [0.2, 0.25) is 0 Å². The Morgan fingerprint density at radius 1 is 1.14 bits per heavy atom. The van der Waals surface area contributed by atoms with Gasteiger partial charge in [-0.3, -0.25) is 0 Å². The Labute approximate surface area is 171 Å². The van der Waals surface area contributed by atoms with Gasteiger partial charge < -0.3 is 14.4 Å². The number of amides is 1. The molecule has 1 amide bonds. The molecule has 2 aromatic carbocycles. The maximum absolute atomic E-state index is 12.6. The minimum absolute atomic E-state index is 0.0201. The number of rotatable bonds is 2. The highest BCUT2D eigenvalue weighted by Crippen LogP contribution is 2.46. The molecule has 0 bridgehead atoms. The molecule has 5 heteroatoms. The number of nitrogens with zero attached hydrogens (tertiary/aromatic N) is 1. The van der Waals surface area contributed by atoms with Crippen molar-refractivity contribution in [3.8, 4) is 5.75 Å². The fourth-order valence-electron chi connectivity index (χ4n) is 4.01. The third-order valence-corrected chi connectivity index (χ3v) is 6.29. The normalized spacial score (nSPS) is 23.6. The van der Waals surface area contributed by atoms with E-state index < -0.39 is 5.60 Å². The quantitative estimate of drug-likeness (QED) is 0.650. The smallest absolute Gasteiger partial charge is 0.410 e. The molecule has 0 N–H and O–H groups in total. The second-order valence-electron chi connectivity index (χ2n) is 8.51. The molecule has 1 fully saturated rings. The molecule has 1 saturated heterocycles. The van der Waals surface area contributed by atoms with Gasteiger partial charge in [-0.15, -0.1) is 0 Å². The Kier molecular flexibility index (Phi) is 5.04. The average Bonchev–Trinajstić information content (AvgIpc) is 3.00. The summed E-state index contributed by atoms with van der Waals surface area (Å²) < 4.78 is 11.9. The molecule has 2 aliphatic heterocycles. The standard InChI is InChI=1S/C23H27NO3S/c1-15-21-18(12-13-24(15)22(25)27-23(2,3)4)19-14-17(10-11-20(19)26-21)28-16-8-6-5-7-9-16/h5-11,14-15,18,21H,12-13H2,1-4H3. The molecule has 2 aliphatic rings. The number of fused-ring (bicyclic) bond motifs is 3. The van der Waals surface area contributed by atoms with Gasteiger partial charge in [0.15, 0.2) is 0 Å². The van der Waals surface area contributed by atoms with Crippen LogP contribution < -0.4 is 4.74 Å². The van der Waals surface area contributed by atoms with Crippen molar-refractivity contribution < 1.29 is 14.3 Å². The minimum atomic E-state index is -0.489. The van der Waals surface area contributed by atoms with Crippen molar-refractivity contribution in [2.75, 3.05) is 6.54 Å². The maximum Gasteiger partial charge on any atom is 0.410 e. The van der Waals surface area contributed by atoms with Crippen LogP contribution in [0.3, 0.4) is 0 Å². The molecule has 2 heterocycles. The van der Waals surface area contributed by atoms with Crippen molar-refractivity contribution >= 4 is 17.9 Å². The Balaban J connectivity index is 1.51. The number of benzene rings is 2. The van der Waals surface area contributed by atoms with Gasteiger partial charge in [0.05, 0.1) is 6.04 Å². The number of piperidine rings is 1. The van der Waals surface area contributed by atoms with Crippen LogP contribution in [-0.4, -0.2) is 35.3 Å². The number of hydrogen-bond donors (Lipinski definition) is 0. The third kappa shape index (κ3) is 3.86. The van der Waals surface area contributed by atoms with Crippen LogP contribution in [0.1, 0.15) is 45.6 Å². The van der Waals surface area contributed by atoms with Crippen molar-refractivity contribution in [1.29, 1.82) is 0 Å². The highest BCUT2D eigenvalue weighted by atomic mass is 32.2. The summed E-state index contributed by atoms with van der Waals surface area (Å²) in [5, 5.41) is 0. The zero-order valence-corrected chi connectivity index (χ0v) is 17.7. The first kappa shape index (κ1) is 19.2. The van der Waals surface area contributed by atoms with Crippen LogP contribution in [0, 0.1) is 0 Å². The van der Waals surface area contributed by atoms with E-state index in [0.717, 1.165) is 12.2 Å². The van der Waals surface area contributed by atoms with Crippen LogP contribution in [0.25, 0.3) is 0 Å². The fourth-order valence-corrected chi connectivity index (χ4v) is 4.90. The number of hydrogen-bond acceptors (Lipinski definition) is 4. The van der Waals surface area contributed by atoms with E-state index >= 15 is 0 Å². The van der Waals surface area contributed by atoms with E-state index in [1.807, 2.05) is 31.7 Å². The second-order valence-corrected chi connectivity index (χ2v) is 9.65. The number of likely N-dealkylation sites (tertiary alicyclic amines) is 1. The number of carbonyl (C=O) groups is 1. The van der Waals surface area contributed by atoms with Gasteiger partial charge in [-0.05, 0) is 64.4 Å². The first-order valence-electron chi connectivity index (χ1n) is 9.85. The monoisotopic (exact) mass is 397 g/mol. The summed E-state index contributed by atoms with van der Waals surface area (Å²) in [4.78, 5) is 16.9. The van der Waals surface area contributed by atoms with Crippen LogP contribution in [-0.2, 0) is 4.74 Å². The molecule has 3 unspecified atom stereocenters. The van der Waals surface area contributed by atoms with Crippen molar-refractivity contribution in [1.82, 2.24) is 4.90 Å². The van der Waals surface area contributed by atoms with Crippen LogP contribution >= 0.6 is 11.8 Å². The molecule has 0 spiro atoms. The lowest BCUT2D eigenvalue weighted by atomic mass is 9.85. The molecule has 0 aromatic heterocycles. The van der Waals surface area contributed by atoms with Crippen molar-refractivity contribution in [3.63, 3.8) is 0 Å². The maximum atomic E-state index is 12.6. The molecular weight excluding hydrogens is 370 g/mol. The Morgan fingerprint density at radius 2 is 1.89 bits per heavy atom. The Bertz CT molecular complexity index is 862. The van der Waals surface area contributed by atoms with Gasteiger partial charge in [-0.1, -0.05) is 30.0 Å². The van der Waals surface area contributed by atoms with Gasteiger partial charge in [-0.2, -0.15) is 0 Å². The summed E-state index contributed by atoms with van der Waals surface area (Å²) in [7, 11) is 0. The van der Waals surface area contributed by atoms with E-state index in [0.29, 0.717) is 12.5 Å². The topological polar surface area (TPSA) is 38.8 Å². The van der Waals surface area contributed by atoms with E-state index in [1.54, 1.807) is 11.8 Å². The van der Waals surface area contributed by atoms with E-state index in [2.05, 4.69) is 49.4 Å². The average molecular weight is 398 g/mol. The number of ether oxygens (including phenoxy) is 2. The van der Waals surface area contributed by atoms with Crippen molar-refractivity contribution in [2.24, 2.45) is 0 Å². The summed E-state index contributed by atoms with van der Waals surface area (Å²) >= 11 is 1.77. The highest BCUT2D eigenvalue weighted by molar-refractivity contribution is 7.99. The largest absolute Gasteiger partial charge is 0.487 e. The fraction of sp³-hybridized carbons (Fsp3) is 0.435. The lowest BCUT2D eigenvalue weighted by molar-refractivity contribution is -0.0115. The van der Waals surface area contributed by atoms with Gasteiger partial charge in [-0.25, -0.2) is 4.79 Å². The molecule has 3 atom stereocenters. The van der Waals surface area contributed by atoms with E-state index in [1.165, 1.54) is 15.4 Å². The first-order chi connectivity index (χ1) is 13.3. The van der Waals surface area contributed by atoms with Crippen LogP contribution in [0.4, 0.5) is 4.79 Å². The van der Waals surface area contributed by atoms with E-state index in [9.17, 15) is 4.79 Å². The zero-order valence-electron chi connectivity index (χ0n) is 16.8. The number of carbonyl (C=O) groups excluding carboxylic acids is 1. The molecule has 0 aliphatic carbocycles. The summed E-state index contributed by atoms with van der Waals surface area (Å²) in [5.41, 5.74) is 0.776. The minimum Gasteiger partial charge on any atom is -0.487 e. The first-order valence-corrected chi connectivity index (χ1v) is 10.7. The molecule has 2 aromatic rings. The van der Waals surface area contributed by atoms with Gasteiger partial charge >= 0.3 is 6.09 Å². The van der Waals surface area contributed by atoms with Crippen molar-refractivity contribution in [2.45, 2.75) is 67.6 Å². The second kappa shape index (κ2) is 7.36. The molecule has 28 heavy (non-hydrogen) atoms. The molecule has 4 rings (SSSR count). The molecule has 4 nitrogen and oxygen atoms in total. The Morgan fingerprint density at radius 3 is 2.61 bits per heavy atom. The van der Waals surface area contributed by atoms with E-state index in [-0.39, 0.29) is 18.2 Å². The lowest BCUT2D eigenvalue weighted by Gasteiger charge is -2.40. The molecule has 0 saturated carbocycles. The predicted octanol–water partition coefficient (Wildman–Crippen LogP) is 5.71. The molecule has 148 valence electrons. The summed E-state index contributed by atoms with van der Waals surface area (Å²) in [5.74, 6) is 1.27. The third-order valence-electron chi connectivity index (χ3n) is 5.30. The summed E-state index contributed by atoms with van der Waals surface area (Å²) in [6.07, 6.45) is 0.618. The zero-order chi connectivity index (χ0) is 19.9. The van der Waals surface area contributed by atoms with Crippen molar-refractivity contribution in [3.05, 3.63) is 54.1 Å². The van der Waals surface area contributed by atoms with Gasteiger partial charge in [0, 0.05) is 27.8 Å². The van der Waals surface area contributed by atoms with Gasteiger partial charge in [0.25, 0.3) is 0 Å². The SMILES string of the molecule is CC1C2Oc3ccc(Sc4ccccc4)cc3C2CCN1C(=O)OC(C)(C)C. The van der Waals surface area contributed by atoms with Gasteiger partial charge in [0.1, 0.15) is 17.5 Å². The Hall–Kier alpha value is -2.14.